The van der Waals surface area contributed by atoms with Gasteiger partial charge in [-0.3, -0.25) is 0 Å². The van der Waals surface area contributed by atoms with E-state index in [9.17, 15) is 0 Å². The van der Waals surface area contributed by atoms with E-state index in [-0.39, 0.29) is 0 Å². The van der Waals surface area contributed by atoms with Gasteiger partial charge in [0.15, 0.2) is 0 Å². The summed E-state index contributed by atoms with van der Waals surface area (Å²) in [5, 5.41) is 19.0. The molecule has 0 atom stereocenters. The summed E-state index contributed by atoms with van der Waals surface area (Å²) in [5.41, 5.74) is 0. The topological polar surface area (TPSA) is 0 Å². The molecule has 0 bridgehead atoms. The third kappa shape index (κ3) is 1.66. The molecule has 0 aliphatic rings. The van der Waals surface area contributed by atoms with Gasteiger partial charge in [-0.1, -0.05) is 78.9 Å². The van der Waals surface area contributed by atoms with Gasteiger partial charge in [-0.2, -0.15) is 0 Å². The Bertz CT molecular complexity index is 1940. The second kappa shape index (κ2) is 4.98. The summed E-state index contributed by atoms with van der Waals surface area (Å²) >= 11 is 0. The molecular weight excluding hydrogens is 360 g/mol. The number of rotatable bonds is 0. The molecular formula is C30H16. The van der Waals surface area contributed by atoms with Gasteiger partial charge in [0.2, 0.25) is 0 Å². The van der Waals surface area contributed by atoms with Crippen LogP contribution in [0.3, 0.4) is 0 Å². The van der Waals surface area contributed by atoms with Gasteiger partial charge in [0.1, 0.15) is 0 Å². The smallest absolute Gasteiger partial charge is 0.00139 e. The zero-order chi connectivity index (χ0) is 19.4. The summed E-state index contributed by atoms with van der Waals surface area (Å²) in [7, 11) is 0. The van der Waals surface area contributed by atoms with Gasteiger partial charge >= 0.3 is 0 Å². The molecule has 8 aromatic carbocycles. The molecule has 0 aromatic heterocycles. The van der Waals surface area contributed by atoms with Gasteiger partial charge in [-0.15, -0.1) is 0 Å². The average molecular weight is 376 g/mol. The zero-order valence-electron chi connectivity index (χ0n) is 16.2. The van der Waals surface area contributed by atoms with Crippen molar-refractivity contribution < 1.29 is 0 Å². The maximum Gasteiger partial charge on any atom is -0.00139 e. The average Bonchev–Trinajstić information content (AvgIpc) is 2.80. The summed E-state index contributed by atoms with van der Waals surface area (Å²) in [6.07, 6.45) is 0. The van der Waals surface area contributed by atoms with Crippen molar-refractivity contribution in [2.24, 2.45) is 0 Å². The van der Waals surface area contributed by atoms with Crippen molar-refractivity contribution in [3.8, 4) is 0 Å². The van der Waals surface area contributed by atoms with Gasteiger partial charge < -0.3 is 0 Å². The third-order valence-corrected chi connectivity index (χ3v) is 7.05. The number of hydrogen-bond donors (Lipinski definition) is 0. The lowest BCUT2D eigenvalue weighted by atomic mass is 9.84. The van der Waals surface area contributed by atoms with Crippen molar-refractivity contribution in [1.82, 2.24) is 0 Å². The van der Waals surface area contributed by atoms with E-state index in [1.807, 2.05) is 0 Å². The molecule has 0 radical (unpaired) electrons. The number of benzene rings is 8. The molecule has 8 aromatic rings. The Labute approximate surface area is 172 Å². The number of hydrogen-bond acceptors (Lipinski definition) is 0. The maximum absolute atomic E-state index is 2.44. The highest BCUT2D eigenvalue weighted by atomic mass is 14.2. The van der Waals surface area contributed by atoms with E-state index in [4.69, 9.17) is 0 Å². The molecule has 0 heteroatoms. The minimum absolute atomic E-state index is 1.30. The van der Waals surface area contributed by atoms with Crippen LogP contribution in [0.2, 0.25) is 0 Å². The molecule has 8 rings (SSSR count). The largest absolute Gasteiger partial charge is 0.0616 e. The first-order valence-electron chi connectivity index (χ1n) is 10.5. The Morgan fingerprint density at radius 1 is 0.267 bits per heavy atom. The molecule has 0 N–H and O–H groups in total. The molecule has 0 saturated heterocycles. The lowest BCUT2D eigenvalue weighted by Gasteiger charge is -2.18. The third-order valence-electron chi connectivity index (χ3n) is 7.05. The molecule has 0 unspecified atom stereocenters. The summed E-state index contributed by atoms with van der Waals surface area (Å²) in [6.45, 7) is 0. The Morgan fingerprint density at radius 2 is 0.800 bits per heavy atom. The van der Waals surface area contributed by atoms with Crippen molar-refractivity contribution in [3.63, 3.8) is 0 Å². The molecule has 0 amide bonds. The molecule has 136 valence electrons. The van der Waals surface area contributed by atoms with Crippen LogP contribution in [-0.2, 0) is 0 Å². The first kappa shape index (κ1) is 15.0. The summed E-state index contributed by atoms with van der Waals surface area (Å²) in [5.74, 6) is 0. The molecule has 0 saturated carbocycles. The van der Waals surface area contributed by atoms with E-state index in [0.29, 0.717) is 0 Å². The van der Waals surface area contributed by atoms with Gasteiger partial charge in [0.25, 0.3) is 0 Å². The maximum atomic E-state index is 2.44. The van der Waals surface area contributed by atoms with Crippen molar-refractivity contribution in [1.29, 1.82) is 0 Å². The fraction of sp³-hybridized carbons (Fsp3) is 0. The Hall–Kier alpha value is -3.90. The molecule has 0 heterocycles. The van der Waals surface area contributed by atoms with E-state index in [1.165, 1.54) is 75.4 Å². The van der Waals surface area contributed by atoms with Crippen LogP contribution in [0.5, 0.6) is 0 Å². The molecule has 0 spiro atoms. The van der Waals surface area contributed by atoms with E-state index in [0.717, 1.165) is 0 Å². The van der Waals surface area contributed by atoms with Crippen LogP contribution in [0.25, 0.3) is 75.4 Å². The Kier molecular flexibility index (Phi) is 2.49. The van der Waals surface area contributed by atoms with E-state index in [1.54, 1.807) is 0 Å². The normalized spacial score (nSPS) is 12.7. The molecule has 0 nitrogen and oxygen atoms in total. The van der Waals surface area contributed by atoms with Crippen molar-refractivity contribution >= 4 is 75.4 Å². The van der Waals surface area contributed by atoms with Gasteiger partial charge in [-0.05, 0) is 93.6 Å². The monoisotopic (exact) mass is 376 g/mol. The summed E-state index contributed by atoms with van der Waals surface area (Å²) in [4.78, 5) is 0. The number of fused-ring (bicyclic) bond motifs is 4. The molecule has 0 aliphatic carbocycles. The lowest BCUT2D eigenvalue weighted by Crippen LogP contribution is -1.90. The second-order valence-electron chi connectivity index (χ2n) is 8.57. The predicted molar refractivity (Wildman–Crippen MR) is 131 cm³/mol. The second-order valence-corrected chi connectivity index (χ2v) is 8.57. The minimum atomic E-state index is 1.30. The van der Waals surface area contributed by atoms with Crippen LogP contribution in [0.4, 0.5) is 0 Å². The van der Waals surface area contributed by atoms with E-state index < -0.39 is 0 Å². The highest BCUT2D eigenvalue weighted by molar-refractivity contribution is 6.40. The molecule has 30 heavy (non-hydrogen) atoms. The minimum Gasteiger partial charge on any atom is -0.0616 e. The highest BCUT2D eigenvalue weighted by Gasteiger charge is 2.17. The fourth-order valence-corrected chi connectivity index (χ4v) is 5.84. The van der Waals surface area contributed by atoms with Crippen molar-refractivity contribution in [2.75, 3.05) is 0 Å². The van der Waals surface area contributed by atoms with Crippen LogP contribution in [0.1, 0.15) is 0 Å². The van der Waals surface area contributed by atoms with Crippen LogP contribution in [-0.4, -0.2) is 0 Å². The molecule has 0 fully saturated rings. The van der Waals surface area contributed by atoms with E-state index >= 15 is 0 Å². The van der Waals surface area contributed by atoms with E-state index in [2.05, 4.69) is 97.1 Å². The quantitative estimate of drug-likeness (QED) is 0.183. The Morgan fingerprint density at radius 3 is 1.67 bits per heavy atom. The molecule has 0 aliphatic heterocycles. The zero-order valence-corrected chi connectivity index (χ0v) is 16.2. The fourth-order valence-electron chi connectivity index (χ4n) is 5.84. The van der Waals surface area contributed by atoms with Crippen LogP contribution >= 0.6 is 0 Å². The van der Waals surface area contributed by atoms with Gasteiger partial charge in [0, 0.05) is 0 Å². The van der Waals surface area contributed by atoms with Crippen LogP contribution in [0.15, 0.2) is 97.1 Å². The Balaban J connectivity index is 1.79. The van der Waals surface area contributed by atoms with Crippen molar-refractivity contribution in [2.45, 2.75) is 0 Å². The van der Waals surface area contributed by atoms with Crippen LogP contribution < -0.4 is 0 Å². The SMILES string of the molecule is c1ccc2c(c1)ccc1cc3ccc4cc5cccc6ccc7cc(c12)c3c4c7c65. The summed E-state index contributed by atoms with van der Waals surface area (Å²) < 4.78 is 0. The van der Waals surface area contributed by atoms with Crippen molar-refractivity contribution in [3.05, 3.63) is 97.1 Å². The van der Waals surface area contributed by atoms with Crippen LogP contribution in [0, 0.1) is 0 Å². The van der Waals surface area contributed by atoms with Gasteiger partial charge in [-0.25, -0.2) is 0 Å². The predicted octanol–water partition coefficient (Wildman–Crippen LogP) is 8.63. The first-order chi connectivity index (χ1) is 14.9. The highest BCUT2D eigenvalue weighted by Crippen LogP contribution is 2.46. The summed E-state index contributed by atoms with van der Waals surface area (Å²) in [6, 6.07) is 36.3. The van der Waals surface area contributed by atoms with Gasteiger partial charge in [0.05, 0.1) is 0 Å². The standard InChI is InChI=1S/C30H16/c1-2-7-24-17(4-1)8-10-20-15-21-12-13-22-14-19-6-3-5-18-9-11-23-16-25(27(20)24)28(21)30(22)29(23)26(18)19/h1-16H. The lowest BCUT2D eigenvalue weighted by molar-refractivity contribution is 1.79. The first-order valence-corrected chi connectivity index (χ1v) is 10.5.